The highest BCUT2D eigenvalue weighted by atomic mass is 16.7. The highest BCUT2D eigenvalue weighted by molar-refractivity contribution is 5.71. The van der Waals surface area contributed by atoms with Gasteiger partial charge in [0.15, 0.2) is 12.1 Å². The van der Waals surface area contributed by atoms with Crippen molar-refractivity contribution in [3.8, 4) is 0 Å². The highest BCUT2D eigenvalue weighted by Crippen LogP contribution is 2.38. The topological polar surface area (TPSA) is 253 Å². The molecule has 2 fully saturated rings. The van der Waals surface area contributed by atoms with E-state index in [4.69, 9.17) is 18.9 Å². The second-order valence-electron chi connectivity index (χ2n) is 17.1. The largest absolute Gasteiger partial charge is 0.481 e. The summed E-state index contributed by atoms with van der Waals surface area (Å²) >= 11 is 0. The van der Waals surface area contributed by atoms with Crippen LogP contribution in [-0.4, -0.2) is 137 Å². The van der Waals surface area contributed by atoms with Gasteiger partial charge in [-0.25, -0.2) is 0 Å². The van der Waals surface area contributed by atoms with E-state index in [9.17, 15) is 55.5 Å². The lowest BCUT2D eigenvalue weighted by Gasteiger charge is -2.42. The van der Waals surface area contributed by atoms with Crippen LogP contribution in [0, 0.1) is 17.8 Å². The molecule has 3 unspecified atom stereocenters. The summed E-state index contributed by atoms with van der Waals surface area (Å²) in [5.74, 6) is -5.48. The number of carboxylic acids is 1. The van der Waals surface area contributed by atoms with Crippen LogP contribution >= 0.6 is 0 Å². The second kappa shape index (κ2) is 27.1. The van der Waals surface area contributed by atoms with E-state index < -0.39 is 116 Å². The Bertz CT molecular complexity index is 1550. The SMILES string of the molecule is C[C@@H]1[C@H](O)[C@@H](C)/C=C/C=C/C=C/C=C/C=C/C=C/C=C/[C@H](OC2CC[C@H](O)[C@@H](C)O2)CC2O[C@@](O)(CC[C@H]2C(=O)O)CC(O)C[C@@H](O)[C@H](O)CC[C@@H](O)C[C@@H](O)CC(=O)O[C@H]1C. The summed E-state index contributed by atoms with van der Waals surface area (Å²) in [5.41, 5.74) is 0. The maximum atomic E-state index is 12.6. The molecule has 62 heavy (non-hydrogen) atoms. The lowest BCUT2D eigenvalue weighted by Crippen LogP contribution is -2.50. The van der Waals surface area contributed by atoms with E-state index in [1.165, 1.54) is 0 Å². The molecule has 3 heterocycles. The van der Waals surface area contributed by atoms with Crippen LogP contribution in [0.2, 0.25) is 0 Å². The van der Waals surface area contributed by atoms with Gasteiger partial charge in [-0.1, -0.05) is 98.9 Å². The van der Waals surface area contributed by atoms with Crippen LogP contribution in [0.4, 0.5) is 0 Å². The predicted molar refractivity (Wildman–Crippen MR) is 231 cm³/mol. The first-order chi connectivity index (χ1) is 29.4. The van der Waals surface area contributed by atoms with E-state index in [-0.39, 0.29) is 50.9 Å². The van der Waals surface area contributed by atoms with Crippen molar-refractivity contribution < 1.29 is 74.5 Å². The number of cyclic esters (lactones) is 1. The number of carboxylic acid groups (broad SMARTS) is 1. The van der Waals surface area contributed by atoms with Crippen molar-refractivity contribution >= 4 is 11.9 Å². The molecule has 0 saturated carbocycles. The summed E-state index contributed by atoms with van der Waals surface area (Å²) in [4.78, 5) is 25.0. The van der Waals surface area contributed by atoms with Crippen LogP contribution in [0.1, 0.15) is 98.3 Å². The number of allylic oxidation sites excluding steroid dienone is 12. The molecule has 3 rings (SSSR count). The van der Waals surface area contributed by atoms with Crippen LogP contribution in [0.3, 0.4) is 0 Å². The van der Waals surface area contributed by atoms with Gasteiger partial charge in [0.2, 0.25) is 0 Å². The first kappa shape index (κ1) is 53.0. The number of esters is 1. The number of hydrogen-bond acceptors (Lipinski definition) is 14. The summed E-state index contributed by atoms with van der Waals surface area (Å²) < 4.78 is 23.7. The maximum absolute atomic E-state index is 12.6. The molecule has 0 amide bonds. The lowest BCUT2D eigenvalue weighted by atomic mass is 9.85. The fourth-order valence-corrected chi connectivity index (χ4v) is 7.73. The molecule has 0 spiro atoms. The smallest absolute Gasteiger partial charge is 0.309 e. The van der Waals surface area contributed by atoms with Gasteiger partial charge in [0.05, 0.1) is 73.4 Å². The van der Waals surface area contributed by atoms with Gasteiger partial charge in [-0.15, -0.1) is 0 Å². The molecule has 0 aromatic rings. The third kappa shape index (κ3) is 19.2. The first-order valence-corrected chi connectivity index (χ1v) is 22.0. The second-order valence-corrected chi connectivity index (χ2v) is 17.1. The van der Waals surface area contributed by atoms with E-state index in [2.05, 4.69) is 0 Å². The van der Waals surface area contributed by atoms with Crippen molar-refractivity contribution in [1.82, 2.24) is 0 Å². The zero-order valence-electron chi connectivity index (χ0n) is 36.5. The number of rotatable bonds is 3. The van der Waals surface area contributed by atoms with E-state index in [1.54, 1.807) is 45.1 Å². The van der Waals surface area contributed by atoms with Gasteiger partial charge in [0.1, 0.15) is 6.10 Å². The van der Waals surface area contributed by atoms with Crippen molar-refractivity contribution in [2.24, 2.45) is 17.8 Å². The summed E-state index contributed by atoms with van der Waals surface area (Å²) in [7, 11) is 0. The third-order valence-corrected chi connectivity index (χ3v) is 11.7. The number of ether oxygens (including phenoxy) is 4. The Kier molecular flexibility index (Phi) is 23.2. The number of aliphatic carboxylic acids is 1. The van der Waals surface area contributed by atoms with Crippen LogP contribution in [0.5, 0.6) is 0 Å². The molecule has 0 aromatic heterocycles. The fourth-order valence-electron chi connectivity index (χ4n) is 7.73. The normalized spacial score (nSPS) is 43.5. The summed E-state index contributed by atoms with van der Waals surface area (Å²) in [6, 6.07) is 0. The van der Waals surface area contributed by atoms with Crippen LogP contribution in [0.25, 0.3) is 0 Å². The van der Waals surface area contributed by atoms with Gasteiger partial charge in [-0.2, -0.15) is 0 Å². The Hall–Kier alpha value is -3.32. The number of carbonyl (C=O) groups is 2. The number of aliphatic hydroxyl groups is 8. The standard InChI is InChI=1S/C47H72O15/c1-30-17-15-13-11-9-7-5-6-8-10-12-14-16-18-37(61-44-22-21-39(51)33(4)60-44)28-42-38(46(56)57)23-24-47(58,62-42)29-36(50)26-41(53)40(52)20-19-34(48)25-35(49)27-43(54)59-32(3)31(2)45(30)55/h5-18,30-42,44-45,48-53,55,58H,19-29H2,1-4H3,(H,56,57)/b6-5+,9-7+,10-8+,13-11+,14-12+,17-15+,18-16+/t30-,31-,32-,33+,34+,35+,36?,37-,38+,39-,40+,41+,42?,44?,45+,47-/m0/s1. The highest BCUT2D eigenvalue weighted by Gasteiger charge is 2.45. The average Bonchev–Trinajstić information content (AvgIpc) is 3.19. The predicted octanol–water partition coefficient (Wildman–Crippen LogP) is 3.83. The van der Waals surface area contributed by atoms with Crippen LogP contribution in [0.15, 0.2) is 85.1 Å². The van der Waals surface area contributed by atoms with Gasteiger partial charge >= 0.3 is 11.9 Å². The van der Waals surface area contributed by atoms with Crippen molar-refractivity contribution in [2.45, 2.75) is 178 Å². The van der Waals surface area contributed by atoms with Gasteiger partial charge in [-0.05, 0) is 46.0 Å². The number of hydrogen-bond donors (Lipinski definition) is 9. The molecule has 3 aliphatic heterocycles. The van der Waals surface area contributed by atoms with E-state index in [1.807, 2.05) is 67.7 Å². The minimum atomic E-state index is -1.97. The summed E-state index contributed by atoms with van der Waals surface area (Å²) in [6.07, 6.45) is 12.9. The molecule has 9 N–H and O–H groups in total. The molecule has 15 nitrogen and oxygen atoms in total. The Morgan fingerprint density at radius 2 is 1.24 bits per heavy atom. The van der Waals surface area contributed by atoms with E-state index in [0.717, 1.165) is 0 Å². The molecule has 0 aromatic carbocycles. The van der Waals surface area contributed by atoms with E-state index >= 15 is 0 Å². The lowest BCUT2D eigenvalue weighted by molar-refractivity contribution is -0.286. The van der Waals surface area contributed by atoms with Crippen LogP contribution < -0.4 is 0 Å². The first-order valence-electron chi connectivity index (χ1n) is 22.0. The Morgan fingerprint density at radius 1 is 0.661 bits per heavy atom. The summed E-state index contributed by atoms with van der Waals surface area (Å²) in [6.45, 7) is 7.01. The number of carbonyl (C=O) groups excluding carboxylic acids is 1. The minimum absolute atomic E-state index is 0.00447. The van der Waals surface area contributed by atoms with Gasteiger partial charge in [-0.3, -0.25) is 9.59 Å². The molecule has 16 atom stereocenters. The molecule has 3 aliphatic rings. The zero-order valence-corrected chi connectivity index (χ0v) is 36.5. The van der Waals surface area contributed by atoms with Crippen molar-refractivity contribution in [3.63, 3.8) is 0 Å². The van der Waals surface area contributed by atoms with Crippen molar-refractivity contribution in [1.29, 1.82) is 0 Å². The maximum Gasteiger partial charge on any atom is 0.309 e. The quantitative estimate of drug-likeness (QED) is 0.183. The number of aliphatic hydroxyl groups excluding tert-OH is 7. The van der Waals surface area contributed by atoms with Crippen molar-refractivity contribution in [3.05, 3.63) is 85.1 Å². The molecule has 2 saturated heterocycles. The summed E-state index contributed by atoms with van der Waals surface area (Å²) in [5, 5.41) is 96.0. The molecule has 350 valence electrons. The number of fused-ring (bicyclic) bond motifs is 2. The molecule has 0 radical (unpaired) electrons. The van der Waals surface area contributed by atoms with Gasteiger partial charge in [0.25, 0.3) is 0 Å². The fraction of sp³-hybridized carbons (Fsp3) is 0.660. The zero-order chi connectivity index (χ0) is 45.8. The molecule has 15 heteroatoms. The molecule has 0 aliphatic carbocycles. The monoisotopic (exact) mass is 876 g/mol. The van der Waals surface area contributed by atoms with Gasteiger partial charge < -0.3 is 64.9 Å². The van der Waals surface area contributed by atoms with Crippen molar-refractivity contribution in [2.75, 3.05) is 0 Å². The third-order valence-electron chi connectivity index (χ3n) is 11.7. The Morgan fingerprint density at radius 3 is 1.84 bits per heavy atom. The molecular weight excluding hydrogens is 805 g/mol. The van der Waals surface area contributed by atoms with Crippen LogP contribution in [-0.2, 0) is 28.5 Å². The Balaban J connectivity index is 1.79. The average molecular weight is 877 g/mol. The van der Waals surface area contributed by atoms with Gasteiger partial charge in [0, 0.05) is 43.9 Å². The molecule has 2 bridgehead atoms. The minimum Gasteiger partial charge on any atom is -0.481 e. The molecular formula is C47H72O15. The van der Waals surface area contributed by atoms with E-state index in [0.29, 0.717) is 12.8 Å². The Labute approximate surface area is 366 Å².